The fourth-order valence-corrected chi connectivity index (χ4v) is 2.28. The summed E-state index contributed by atoms with van der Waals surface area (Å²) in [6.07, 6.45) is 0.0836. The van der Waals surface area contributed by atoms with E-state index in [9.17, 15) is 9.59 Å². The van der Waals surface area contributed by atoms with Gasteiger partial charge in [-0.3, -0.25) is 9.59 Å². The van der Waals surface area contributed by atoms with Gasteiger partial charge in [-0.25, -0.2) is 0 Å². The van der Waals surface area contributed by atoms with Crippen molar-refractivity contribution in [1.29, 1.82) is 0 Å². The maximum absolute atomic E-state index is 11.5. The first-order valence-corrected chi connectivity index (χ1v) is 7.69. The number of ether oxygens (including phenoxy) is 2. The van der Waals surface area contributed by atoms with Gasteiger partial charge in [0.1, 0.15) is 12.4 Å². The molecule has 0 aliphatic rings. The predicted molar refractivity (Wildman–Crippen MR) is 90.4 cm³/mol. The first-order chi connectivity index (χ1) is 11.6. The minimum Gasteiger partial charge on any atom is -0.489 e. The molecule has 1 unspecified atom stereocenters. The van der Waals surface area contributed by atoms with Crippen molar-refractivity contribution in [3.63, 3.8) is 0 Å². The van der Waals surface area contributed by atoms with Gasteiger partial charge in [0.15, 0.2) is 0 Å². The van der Waals surface area contributed by atoms with Crippen LogP contribution in [0, 0.1) is 0 Å². The Labute approximate surface area is 141 Å². The lowest BCUT2D eigenvalue weighted by atomic mass is 10.0. The van der Waals surface area contributed by atoms with E-state index in [0.717, 1.165) is 16.9 Å². The lowest BCUT2D eigenvalue weighted by molar-refractivity contribution is -0.141. The van der Waals surface area contributed by atoms with Crippen LogP contribution in [-0.2, 0) is 20.9 Å². The summed E-state index contributed by atoms with van der Waals surface area (Å²) in [5.41, 5.74) is 1.91. The Morgan fingerprint density at radius 1 is 1.04 bits per heavy atom. The van der Waals surface area contributed by atoms with Crippen LogP contribution in [0.4, 0.5) is 0 Å². The lowest BCUT2D eigenvalue weighted by Crippen LogP contribution is -2.28. The highest BCUT2D eigenvalue weighted by molar-refractivity contribution is 5.76. The molecule has 0 aromatic heterocycles. The van der Waals surface area contributed by atoms with Crippen LogP contribution < -0.4 is 10.1 Å². The Morgan fingerprint density at radius 3 is 2.29 bits per heavy atom. The molecule has 0 spiro atoms. The summed E-state index contributed by atoms with van der Waals surface area (Å²) in [5, 5.41) is 2.76. The Kier molecular flexibility index (Phi) is 6.37. The summed E-state index contributed by atoms with van der Waals surface area (Å²) in [4.78, 5) is 22.8. The van der Waals surface area contributed by atoms with Crippen LogP contribution in [0.3, 0.4) is 0 Å². The van der Waals surface area contributed by atoms with Crippen molar-refractivity contribution >= 4 is 11.9 Å². The zero-order valence-electron chi connectivity index (χ0n) is 13.8. The average molecular weight is 327 g/mol. The molecule has 0 aliphatic carbocycles. The van der Waals surface area contributed by atoms with Gasteiger partial charge in [-0.15, -0.1) is 0 Å². The highest BCUT2D eigenvalue weighted by atomic mass is 16.5. The molecule has 126 valence electrons. The van der Waals surface area contributed by atoms with Gasteiger partial charge in [0, 0.05) is 6.92 Å². The van der Waals surface area contributed by atoms with Gasteiger partial charge >= 0.3 is 5.97 Å². The van der Waals surface area contributed by atoms with Crippen LogP contribution in [0.15, 0.2) is 54.6 Å². The molecule has 2 rings (SSSR count). The Hall–Kier alpha value is -2.82. The van der Waals surface area contributed by atoms with Crippen molar-refractivity contribution in [3.8, 4) is 5.75 Å². The number of carbonyl (C=O) groups excluding carboxylic acids is 2. The zero-order chi connectivity index (χ0) is 17.4. The van der Waals surface area contributed by atoms with Gasteiger partial charge in [0.2, 0.25) is 5.91 Å². The summed E-state index contributed by atoms with van der Waals surface area (Å²) >= 11 is 0. The highest BCUT2D eigenvalue weighted by Gasteiger charge is 2.17. The third-order valence-corrected chi connectivity index (χ3v) is 3.51. The van der Waals surface area contributed by atoms with Crippen LogP contribution >= 0.6 is 0 Å². The summed E-state index contributed by atoms with van der Waals surface area (Å²) in [6.45, 7) is 1.90. The summed E-state index contributed by atoms with van der Waals surface area (Å²) in [5.74, 6) is 0.147. The number of esters is 1. The summed E-state index contributed by atoms with van der Waals surface area (Å²) < 4.78 is 10.4. The second-order valence-electron chi connectivity index (χ2n) is 5.38. The standard InChI is InChI=1S/C19H21NO4/c1-14(21)20-18(12-19(22)23-2)16-8-10-17(11-9-16)24-13-15-6-4-3-5-7-15/h3-11,18H,12-13H2,1-2H3,(H,20,21). The van der Waals surface area contributed by atoms with Gasteiger partial charge in [-0.05, 0) is 23.3 Å². The van der Waals surface area contributed by atoms with E-state index in [0.29, 0.717) is 6.61 Å². The molecule has 5 nitrogen and oxygen atoms in total. The molecule has 0 aliphatic heterocycles. The van der Waals surface area contributed by atoms with Crippen LogP contribution in [0.25, 0.3) is 0 Å². The summed E-state index contributed by atoms with van der Waals surface area (Å²) in [6, 6.07) is 16.8. The third-order valence-electron chi connectivity index (χ3n) is 3.51. The molecule has 0 bridgehead atoms. The molecule has 0 heterocycles. The van der Waals surface area contributed by atoms with Crippen molar-refractivity contribution in [3.05, 3.63) is 65.7 Å². The first kappa shape index (κ1) is 17.5. The van der Waals surface area contributed by atoms with E-state index >= 15 is 0 Å². The molecule has 0 fully saturated rings. The van der Waals surface area contributed by atoms with E-state index in [2.05, 4.69) is 10.1 Å². The molecule has 1 atom stereocenters. The molecule has 1 N–H and O–H groups in total. The maximum Gasteiger partial charge on any atom is 0.307 e. The average Bonchev–Trinajstić information content (AvgIpc) is 2.60. The molecular formula is C19H21NO4. The van der Waals surface area contributed by atoms with E-state index in [4.69, 9.17) is 4.74 Å². The van der Waals surface area contributed by atoms with Gasteiger partial charge in [-0.2, -0.15) is 0 Å². The minimum atomic E-state index is -0.418. The topological polar surface area (TPSA) is 64.6 Å². The fraction of sp³-hybridized carbons (Fsp3) is 0.263. The van der Waals surface area contributed by atoms with Crippen molar-refractivity contribution < 1.29 is 19.1 Å². The SMILES string of the molecule is COC(=O)CC(NC(C)=O)c1ccc(OCc2ccccc2)cc1. The smallest absolute Gasteiger partial charge is 0.307 e. The lowest BCUT2D eigenvalue weighted by Gasteiger charge is -2.17. The van der Waals surface area contributed by atoms with Gasteiger partial charge < -0.3 is 14.8 Å². The van der Waals surface area contributed by atoms with E-state index < -0.39 is 6.04 Å². The molecule has 2 aromatic rings. The Morgan fingerprint density at radius 2 is 1.71 bits per heavy atom. The number of methoxy groups -OCH3 is 1. The van der Waals surface area contributed by atoms with Crippen LogP contribution in [-0.4, -0.2) is 19.0 Å². The van der Waals surface area contributed by atoms with Gasteiger partial charge in [0.05, 0.1) is 19.6 Å². The Balaban J connectivity index is 2.02. The van der Waals surface area contributed by atoms with E-state index in [-0.39, 0.29) is 18.3 Å². The van der Waals surface area contributed by atoms with E-state index in [1.54, 1.807) is 0 Å². The molecular weight excluding hydrogens is 306 g/mol. The quantitative estimate of drug-likeness (QED) is 0.794. The van der Waals surface area contributed by atoms with Crippen LogP contribution in [0.5, 0.6) is 5.75 Å². The molecule has 0 radical (unpaired) electrons. The second kappa shape index (κ2) is 8.72. The Bertz CT molecular complexity index is 668. The first-order valence-electron chi connectivity index (χ1n) is 7.69. The van der Waals surface area contributed by atoms with Crippen molar-refractivity contribution in [1.82, 2.24) is 5.32 Å². The highest BCUT2D eigenvalue weighted by Crippen LogP contribution is 2.21. The predicted octanol–water partition coefficient (Wildman–Crippen LogP) is 3.01. The van der Waals surface area contributed by atoms with E-state index in [1.165, 1.54) is 14.0 Å². The largest absolute Gasteiger partial charge is 0.489 e. The van der Waals surface area contributed by atoms with E-state index in [1.807, 2.05) is 54.6 Å². The molecule has 24 heavy (non-hydrogen) atoms. The summed E-state index contributed by atoms with van der Waals surface area (Å²) in [7, 11) is 1.33. The van der Waals surface area contributed by atoms with Crippen molar-refractivity contribution in [2.24, 2.45) is 0 Å². The maximum atomic E-state index is 11.5. The number of carbonyl (C=O) groups is 2. The number of hydrogen-bond acceptors (Lipinski definition) is 4. The van der Waals surface area contributed by atoms with Gasteiger partial charge in [0.25, 0.3) is 0 Å². The molecule has 0 saturated carbocycles. The molecule has 2 aromatic carbocycles. The third kappa shape index (κ3) is 5.43. The van der Waals surface area contributed by atoms with Crippen LogP contribution in [0.2, 0.25) is 0 Å². The normalized spacial score (nSPS) is 11.4. The minimum absolute atomic E-state index is 0.0836. The number of hydrogen-bond donors (Lipinski definition) is 1. The van der Waals surface area contributed by atoms with Gasteiger partial charge in [-0.1, -0.05) is 42.5 Å². The molecule has 1 amide bonds. The van der Waals surface area contributed by atoms with Crippen molar-refractivity contribution in [2.75, 3.05) is 7.11 Å². The van der Waals surface area contributed by atoms with Crippen molar-refractivity contribution in [2.45, 2.75) is 26.0 Å². The fourth-order valence-electron chi connectivity index (χ4n) is 2.28. The number of benzene rings is 2. The number of amides is 1. The zero-order valence-corrected chi connectivity index (χ0v) is 13.8. The van der Waals surface area contributed by atoms with Crippen LogP contribution in [0.1, 0.15) is 30.5 Å². The number of rotatable bonds is 7. The second-order valence-corrected chi connectivity index (χ2v) is 5.38. The molecule has 0 saturated heterocycles. The number of nitrogens with one attached hydrogen (secondary N) is 1. The monoisotopic (exact) mass is 327 g/mol. The molecule has 5 heteroatoms.